The van der Waals surface area contributed by atoms with Crippen LogP contribution in [0.15, 0.2) is 46.9 Å². The number of carbonyl (C=O) groups excluding carboxylic acids is 1. The highest BCUT2D eigenvalue weighted by Crippen LogP contribution is 2.22. The van der Waals surface area contributed by atoms with Gasteiger partial charge in [0, 0.05) is 27.9 Å². The van der Waals surface area contributed by atoms with E-state index in [4.69, 9.17) is 9.47 Å². The molecule has 2 aromatic rings. The number of amides is 1. The molecule has 0 unspecified atom stereocenters. The van der Waals surface area contributed by atoms with E-state index in [0.717, 1.165) is 27.9 Å². The molecule has 0 radical (unpaired) electrons. The normalized spacial score (nSPS) is 10.4. The highest BCUT2D eigenvalue weighted by atomic mass is 79.9. The largest absolute Gasteiger partial charge is 0.496 e. The Morgan fingerprint density at radius 2 is 1.91 bits per heavy atom. The van der Waals surface area contributed by atoms with E-state index in [2.05, 4.69) is 28.2 Å². The average Bonchev–Trinajstić information content (AvgIpc) is 2.57. The molecule has 0 aromatic heterocycles. The van der Waals surface area contributed by atoms with Crippen molar-refractivity contribution in [2.24, 2.45) is 0 Å². The summed E-state index contributed by atoms with van der Waals surface area (Å²) < 4.78 is 11.9. The summed E-state index contributed by atoms with van der Waals surface area (Å²) in [5, 5.41) is 2.88. The molecule has 1 amide bonds. The van der Waals surface area contributed by atoms with Crippen molar-refractivity contribution in [1.82, 2.24) is 0 Å². The lowest BCUT2D eigenvalue weighted by molar-refractivity contribution is 0.102. The summed E-state index contributed by atoms with van der Waals surface area (Å²) in [4.78, 5) is 12.4. The van der Waals surface area contributed by atoms with Gasteiger partial charge in [0.15, 0.2) is 0 Å². The summed E-state index contributed by atoms with van der Waals surface area (Å²) in [5.74, 6) is 0.563. The average molecular weight is 378 g/mol. The van der Waals surface area contributed by atoms with Crippen molar-refractivity contribution in [2.45, 2.75) is 20.0 Å². The first-order chi connectivity index (χ1) is 11.1. The van der Waals surface area contributed by atoms with E-state index in [9.17, 15) is 4.79 Å². The van der Waals surface area contributed by atoms with Gasteiger partial charge in [0.2, 0.25) is 0 Å². The van der Waals surface area contributed by atoms with Crippen LogP contribution in [-0.2, 0) is 11.3 Å². The lowest BCUT2D eigenvalue weighted by Crippen LogP contribution is -2.12. The maximum Gasteiger partial charge on any atom is 0.255 e. The number of methoxy groups -OCH3 is 1. The van der Waals surface area contributed by atoms with E-state index in [1.807, 2.05) is 30.3 Å². The number of anilines is 1. The number of hydrogen-bond donors (Lipinski definition) is 1. The highest BCUT2D eigenvalue weighted by molar-refractivity contribution is 9.10. The van der Waals surface area contributed by atoms with E-state index in [1.165, 1.54) is 0 Å². The van der Waals surface area contributed by atoms with Crippen LogP contribution in [0, 0.1) is 0 Å². The minimum atomic E-state index is -0.160. The number of nitrogens with one attached hydrogen (secondary N) is 1. The molecular weight excluding hydrogens is 358 g/mol. The molecule has 5 heteroatoms. The summed E-state index contributed by atoms with van der Waals surface area (Å²) in [6.45, 7) is 3.16. The van der Waals surface area contributed by atoms with Gasteiger partial charge in [-0.1, -0.05) is 22.9 Å². The Labute approximate surface area is 144 Å². The van der Waals surface area contributed by atoms with Crippen molar-refractivity contribution in [2.75, 3.05) is 19.0 Å². The number of ether oxygens (including phenoxy) is 2. The van der Waals surface area contributed by atoms with E-state index in [0.29, 0.717) is 18.8 Å². The van der Waals surface area contributed by atoms with Crippen molar-refractivity contribution in [1.29, 1.82) is 0 Å². The second kappa shape index (κ2) is 8.70. The van der Waals surface area contributed by atoms with Crippen LogP contribution >= 0.6 is 15.9 Å². The van der Waals surface area contributed by atoms with Gasteiger partial charge in [0.1, 0.15) is 5.75 Å². The maximum absolute atomic E-state index is 12.4. The molecule has 2 rings (SSSR count). The predicted octanol–water partition coefficient (Wildman–Crippen LogP) is 4.64. The molecule has 0 bridgehead atoms. The molecule has 1 N–H and O–H groups in total. The second-order valence-electron chi connectivity index (χ2n) is 5.04. The summed E-state index contributed by atoms with van der Waals surface area (Å²) in [5.41, 5.74) is 2.19. The van der Waals surface area contributed by atoms with Crippen LogP contribution in [0.1, 0.15) is 29.3 Å². The van der Waals surface area contributed by atoms with E-state index in [-0.39, 0.29) is 5.91 Å². The molecule has 0 saturated heterocycles. The smallest absolute Gasteiger partial charge is 0.255 e. The third-order valence-electron chi connectivity index (χ3n) is 3.25. The lowest BCUT2D eigenvalue weighted by atomic mass is 10.1. The Balaban J connectivity index is 2.12. The van der Waals surface area contributed by atoms with E-state index in [1.54, 1.807) is 19.2 Å². The first-order valence-corrected chi connectivity index (χ1v) is 8.25. The number of carbonyl (C=O) groups is 1. The first kappa shape index (κ1) is 17.5. The Bertz CT molecular complexity index is 656. The zero-order valence-electron chi connectivity index (χ0n) is 13.3. The molecule has 0 fully saturated rings. The molecule has 23 heavy (non-hydrogen) atoms. The fraction of sp³-hybridized carbons (Fsp3) is 0.278. The summed E-state index contributed by atoms with van der Waals surface area (Å²) in [7, 11) is 1.61. The Kier molecular flexibility index (Phi) is 6.62. The molecule has 0 saturated carbocycles. The quantitative estimate of drug-likeness (QED) is 0.715. The third-order valence-corrected chi connectivity index (χ3v) is 3.78. The molecule has 0 aliphatic rings. The summed E-state index contributed by atoms with van der Waals surface area (Å²) >= 11 is 3.37. The molecule has 0 aliphatic carbocycles. The number of rotatable bonds is 7. The number of benzene rings is 2. The van der Waals surface area contributed by atoms with Crippen LogP contribution in [-0.4, -0.2) is 19.6 Å². The Morgan fingerprint density at radius 3 is 2.57 bits per heavy atom. The van der Waals surface area contributed by atoms with Crippen molar-refractivity contribution < 1.29 is 14.3 Å². The minimum absolute atomic E-state index is 0.160. The SMILES string of the molecule is CCCOCc1cc(C(=O)Nc2ccc(Br)cc2)ccc1OC. The molecule has 0 aliphatic heterocycles. The van der Waals surface area contributed by atoms with Gasteiger partial charge in [-0.25, -0.2) is 0 Å². The number of halogens is 1. The van der Waals surface area contributed by atoms with Gasteiger partial charge in [0.25, 0.3) is 5.91 Å². The zero-order chi connectivity index (χ0) is 16.7. The fourth-order valence-electron chi connectivity index (χ4n) is 2.10. The van der Waals surface area contributed by atoms with Gasteiger partial charge < -0.3 is 14.8 Å². The highest BCUT2D eigenvalue weighted by Gasteiger charge is 2.11. The van der Waals surface area contributed by atoms with Gasteiger partial charge in [0.05, 0.1) is 13.7 Å². The topological polar surface area (TPSA) is 47.6 Å². The number of hydrogen-bond acceptors (Lipinski definition) is 3. The van der Waals surface area contributed by atoms with E-state index < -0.39 is 0 Å². The van der Waals surface area contributed by atoms with Crippen LogP contribution in [0.2, 0.25) is 0 Å². The summed E-state index contributed by atoms with van der Waals surface area (Å²) in [6, 6.07) is 12.8. The molecule has 122 valence electrons. The van der Waals surface area contributed by atoms with Crippen LogP contribution in [0.4, 0.5) is 5.69 Å². The first-order valence-electron chi connectivity index (χ1n) is 7.45. The molecule has 0 spiro atoms. The fourth-order valence-corrected chi connectivity index (χ4v) is 2.36. The van der Waals surface area contributed by atoms with Gasteiger partial charge in [-0.2, -0.15) is 0 Å². The summed E-state index contributed by atoms with van der Waals surface area (Å²) in [6.07, 6.45) is 0.950. The van der Waals surface area contributed by atoms with Crippen LogP contribution in [0.25, 0.3) is 0 Å². The maximum atomic E-state index is 12.4. The predicted molar refractivity (Wildman–Crippen MR) is 95.0 cm³/mol. The van der Waals surface area contributed by atoms with E-state index >= 15 is 0 Å². The van der Waals surface area contributed by atoms with Crippen LogP contribution in [0.3, 0.4) is 0 Å². The molecule has 0 heterocycles. The van der Waals surface area contributed by atoms with Gasteiger partial charge in [-0.05, 0) is 48.9 Å². The van der Waals surface area contributed by atoms with Gasteiger partial charge in [-0.15, -0.1) is 0 Å². The third kappa shape index (κ3) is 5.08. The van der Waals surface area contributed by atoms with Crippen LogP contribution < -0.4 is 10.1 Å². The standard InChI is InChI=1S/C18H20BrNO3/c1-3-10-23-12-14-11-13(4-9-17(14)22-2)18(21)20-16-7-5-15(19)6-8-16/h4-9,11H,3,10,12H2,1-2H3,(H,20,21). The van der Waals surface area contributed by atoms with Crippen molar-refractivity contribution in [3.05, 3.63) is 58.1 Å². The van der Waals surface area contributed by atoms with Gasteiger partial charge in [-0.3, -0.25) is 4.79 Å². The lowest BCUT2D eigenvalue weighted by Gasteiger charge is -2.11. The Morgan fingerprint density at radius 1 is 1.17 bits per heavy atom. The Hall–Kier alpha value is -1.85. The van der Waals surface area contributed by atoms with Crippen molar-refractivity contribution in [3.63, 3.8) is 0 Å². The molecular formula is C18H20BrNO3. The minimum Gasteiger partial charge on any atom is -0.496 e. The second-order valence-corrected chi connectivity index (χ2v) is 5.96. The molecule has 0 atom stereocenters. The monoisotopic (exact) mass is 377 g/mol. The zero-order valence-corrected chi connectivity index (χ0v) is 14.9. The van der Waals surface area contributed by atoms with Crippen molar-refractivity contribution >= 4 is 27.5 Å². The molecule has 4 nitrogen and oxygen atoms in total. The van der Waals surface area contributed by atoms with Crippen molar-refractivity contribution in [3.8, 4) is 5.75 Å². The molecule has 2 aromatic carbocycles. The van der Waals surface area contributed by atoms with Gasteiger partial charge >= 0.3 is 0 Å². The van der Waals surface area contributed by atoms with Crippen LogP contribution in [0.5, 0.6) is 5.75 Å².